The zero-order chi connectivity index (χ0) is 21.3. The molecule has 1 fully saturated rings. The van der Waals surface area contributed by atoms with Crippen molar-refractivity contribution in [1.29, 1.82) is 0 Å². The van der Waals surface area contributed by atoms with E-state index in [9.17, 15) is 4.79 Å². The van der Waals surface area contributed by atoms with Gasteiger partial charge in [-0.15, -0.1) is 0 Å². The molecule has 156 valence electrons. The number of amides is 1. The number of nitrogens with one attached hydrogen (secondary N) is 1. The van der Waals surface area contributed by atoms with Gasteiger partial charge in [-0.05, 0) is 32.0 Å². The quantitative estimate of drug-likeness (QED) is 0.593. The number of fused-ring (bicyclic) bond motifs is 1. The number of allylic oxidation sites excluding steroid dienone is 1. The van der Waals surface area contributed by atoms with Gasteiger partial charge in [0.05, 0.1) is 35.9 Å². The van der Waals surface area contributed by atoms with Crippen molar-refractivity contribution in [1.82, 2.24) is 19.8 Å². The van der Waals surface area contributed by atoms with Gasteiger partial charge in [0.1, 0.15) is 5.15 Å². The van der Waals surface area contributed by atoms with Crippen LogP contribution in [0.15, 0.2) is 43.1 Å². The molecule has 2 aliphatic rings. The maximum absolute atomic E-state index is 12.8. The molecular formula is C23H25ClN4O2. The Morgan fingerprint density at radius 1 is 1.37 bits per heavy atom. The number of ether oxygens (including phenoxy) is 1. The molecule has 7 heteroatoms. The summed E-state index contributed by atoms with van der Waals surface area (Å²) in [7, 11) is 0. The Morgan fingerprint density at radius 2 is 2.13 bits per heavy atom. The summed E-state index contributed by atoms with van der Waals surface area (Å²) in [5, 5.41) is 0.211. The lowest BCUT2D eigenvalue weighted by Crippen LogP contribution is -2.40. The van der Waals surface area contributed by atoms with Gasteiger partial charge in [0.25, 0.3) is 5.91 Å². The Labute approximate surface area is 181 Å². The number of carbonyl (C=O) groups excluding carboxylic acids is 1. The van der Waals surface area contributed by atoms with Crippen molar-refractivity contribution in [3.8, 4) is 0 Å². The van der Waals surface area contributed by atoms with E-state index in [0.717, 1.165) is 33.9 Å². The molecule has 4 heterocycles. The number of carbonyl (C=O) groups is 1. The minimum Gasteiger partial charge on any atom is -0.378 e. The molecule has 1 amide bonds. The van der Waals surface area contributed by atoms with Crippen molar-refractivity contribution in [3.63, 3.8) is 0 Å². The number of aromatic amines is 1. The molecule has 0 aromatic carbocycles. The van der Waals surface area contributed by atoms with E-state index in [1.54, 1.807) is 11.0 Å². The highest BCUT2D eigenvalue weighted by Gasteiger charge is 2.26. The fourth-order valence-corrected chi connectivity index (χ4v) is 3.98. The van der Waals surface area contributed by atoms with Gasteiger partial charge >= 0.3 is 0 Å². The number of pyridine rings is 1. The number of morpholine rings is 1. The zero-order valence-corrected chi connectivity index (χ0v) is 18.0. The molecule has 6 nitrogen and oxygen atoms in total. The molecular weight excluding hydrogens is 400 g/mol. The first-order chi connectivity index (χ1) is 14.5. The van der Waals surface area contributed by atoms with Crippen molar-refractivity contribution >= 4 is 28.8 Å². The highest BCUT2D eigenvalue weighted by Crippen LogP contribution is 2.37. The lowest BCUT2D eigenvalue weighted by atomic mass is 9.97. The molecule has 4 rings (SSSR count). The van der Waals surface area contributed by atoms with Gasteiger partial charge in [-0.25, -0.2) is 4.98 Å². The average molecular weight is 425 g/mol. The molecule has 0 radical (unpaired) electrons. The van der Waals surface area contributed by atoms with Crippen LogP contribution in [0.2, 0.25) is 5.15 Å². The van der Waals surface area contributed by atoms with Crippen LogP contribution in [0.25, 0.3) is 11.3 Å². The van der Waals surface area contributed by atoms with Crippen LogP contribution in [0.3, 0.4) is 0 Å². The lowest BCUT2D eigenvalue weighted by molar-refractivity contribution is 0.0302. The first kappa shape index (κ1) is 20.4. The first-order valence-corrected chi connectivity index (χ1v) is 10.4. The minimum absolute atomic E-state index is 0.110. The molecule has 0 saturated carbocycles. The van der Waals surface area contributed by atoms with Gasteiger partial charge < -0.3 is 19.5 Å². The Kier molecular flexibility index (Phi) is 5.79. The van der Waals surface area contributed by atoms with Crippen LogP contribution in [-0.2, 0) is 4.74 Å². The molecule has 2 aromatic rings. The fraction of sp³-hybridized carbons (Fsp3) is 0.304. The maximum atomic E-state index is 12.8. The number of aromatic nitrogens is 2. The molecule has 1 saturated heterocycles. The Bertz CT molecular complexity index is 1050. The molecule has 30 heavy (non-hydrogen) atoms. The van der Waals surface area contributed by atoms with Gasteiger partial charge in [-0.3, -0.25) is 4.79 Å². The summed E-state index contributed by atoms with van der Waals surface area (Å²) in [6.45, 7) is 11.2. The summed E-state index contributed by atoms with van der Waals surface area (Å²) in [5.74, 6) is -0.110. The van der Waals surface area contributed by atoms with Crippen LogP contribution in [-0.4, -0.2) is 58.5 Å². The van der Waals surface area contributed by atoms with E-state index in [2.05, 4.69) is 33.6 Å². The minimum atomic E-state index is -0.110. The van der Waals surface area contributed by atoms with Crippen molar-refractivity contribution in [2.45, 2.75) is 13.8 Å². The van der Waals surface area contributed by atoms with E-state index >= 15 is 0 Å². The van der Waals surface area contributed by atoms with Crippen LogP contribution >= 0.6 is 11.6 Å². The zero-order valence-electron chi connectivity index (χ0n) is 17.2. The first-order valence-electron chi connectivity index (χ1n) is 10.0. The van der Waals surface area contributed by atoms with E-state index in [1.807, 2.05) is 32.2 Å². The molecule has 2 aromatic heterocycles. The van der Waals surface area contributed by atoms with Crippen molar-refractivity contribution < 1.29 is 9.53 Å². The van der Waals surface area contributed by atoms with Crippen molar-refractivity contribution in [2.75, 3.05) is 32.8 Å². The summed E-state index contributed by atoms with van der Waals surface area (Å²) in [6, 6.07) is 5.71. The van der Waals surface area contributed by atoms with E-state index in [0.29, 0.717) is 38.4 Å². The molecule has 0 bridgehead atoms. The fourth-order valence-electron chi connectivity index (χ4n) is 3.74. The Balaban J connectivity index is 1.70. The molecule has 0 spiro atoms. The van der Waals surface area contributed by atoms with Gasteiger partial charge in [-0.1, -0.05) is 30.3 Å². The second-order valence-corrected chi connectivity index (χ2v) is 7.75. The van der Waals surface area contributed by atoms with Crippen LogP contribution in [0, 0.1) is 6.92 Å². The Morgan fingerprint density at radius 3 is 2.83 bits per heavy atom. The third-order valence-electron chi connectivity index (χ3n) is 5.35. The van der Waals surface area contributed by atoms with Crippen LogP contribution in [0.4, 0.5) is 0 Å². The standard InChI is InChI=1S/C23H25ClN4O2/c1-4-5-8-28-14-19(18-13-15(2)25-21(18)16(28)3)20-7-6-17(22(24)26-20)23(29)27-9-11-30-12-10-27/h4-7,13-14,25H,3,8-12H2,1-2H3/b5-4+. The predicted molar refractivity (Wildman–Crippen MR) is 119 cm³/mol. The lowest BCUT2D eigenvalue weighted by Gasteiger charge is -2.28. The van der Waals surface area contributed by atoms with Gasteiger partial charge in [0.15, 0.2) is 0 Å². The van der Waals surface area contributed by atoms with Crippen molar-refractivity contribution in [2.24, 2.45) is 0 Å². The number of nitrogens with zero attached hydrogens (tertiary/aromatic N) is 3. The second kappa shape index (κ2) is 8.50. The van der Waals surface area contributed by atoms with Crippen LogP contribution in [0.1, 0.15) is 39.9 Å². The van der Waals surface area contributed by atoms with Gasteiger partial charge in [-0.2, -0.15) is 0 Å². The summed E-state index contributed by atoms with van der Waals surface area (Å²) < 4.78 is 5.33. The number of hydrogen-bond donors (Lipinski definition) is 1. The van der Waals surface area contributed by atoms with E-state index in [-0.39, 0.29) is 11.1 Å². The smallest absolute Gasteiger partial charge is 0.257 e. The SMILES string of the molecule is C=C1c2[nH]c(C)cc2C(c2ccc(C(=O)N3CCOCC3)c(Cl)n2)=CN1C/C=C/C. The summed E-state index contributed by atoms with van der Waals surface area (Å²) in [5.41, 5.74) is 6.04. The summed E-state index contributed by atoms with van der Waals surface area (Å²) in [6.07, 6.45) is 6.13. The number of aryl methyl sites for hydroxylation is 1. The van der Waals surface area contributed by atoms with Gasteiger partial charge in [0.2, 0.25) is 0 Å². The maximum Gasteiger partial charge on any atom is 0.257 e. The number of halogens is 1. The molecule has 0 atom stereocenters. The molecule has 1 N–H and O–H groups in total. The topological polar surface area (TPSA) is 61.5 Å². The summed E-state index contributed by atoms with van der Waals surface area (Å²) >= 11 is 6.48. The normalized spacial score (nSPS) is 16.8. The van der Waals surface area contributed by atoms with Crippen LogP contribution < -0.4 is 0 Å². The highest BCUT2D eigenvalue weighted by molar-refractivity contribution is 6.32. The molecule has 0 unspecified atom stereocenters. The molecule has 2 aliphatic heterocycles. The van der Waals surface area contributed by atoms with Gasteiger partial charge in [0, 0.05) is 42.7 Å². The van der Waals surface area contributed by atoms with E-state index < -0.39 is 0 Å². The monoisotopic (exact) mass is 424 g/mol. The number of rotatable bonds is 4. The predicted octanol–water partition coefficient (Wildman–Crippen LogP) is 4.10. The van der Waals surface area contributed by atoms with Crippen LogP contribution in [0.5, 0.6) is 0 Å². The molecule has 0 aliphatic carbocycles. The highest BCUT2D eigenvalue weighted by atomic mass is 35.5. The average Bonchev–Trinajstić information content (AvgIpc) is 3.15. The second-order valence-electron chi connectivity index (χ2n) is 7.39. The van der Waals surface area contributed by atoms with E-state index in [4.69, 9.17) is 16.3 Å². The summed E-state index contributed by atoms with van der Waals surface area (Å²) in [4.78, 5) is 24.6. The Hall–Kier alpha value is -2.83. The van der Waals surface area contributed by atoms with E-state index in [1.165, 1.54) is 0 Å². The number of hydrogen-bond acceptors (Lipinski definition) is 4. The third-order valence-corrected chi connectivity index (χ3v) is 5.64. The number of H-pyrrole nitrogens is 1. The largest absolute Gasteiger partial charge is 0.378 e. The third kappa shape index (κ3) is 3.80. The van der Waals surface area contributed by atoms with Crippen molar-refractivity contribution in [3.05, 3.63) is 76.5 Å².